The van der Waals surface area contributed by atoms with Crippen LogP contribution in [0.3, 0.4) is 0 Å². The van der Waals surface area contributed by atoms with Crippen LogP contribution in [0.5, 0.6) is 0 Å². The lowest BCUT2D eigenvalue weighted by atomic mass is 10.1. The standard InChI is InChI=1S/C19H25N3O2S2/c1-21(26(23,24)18-7-8-18)17-9-11-22(12-10-17)13-16-14-25-19(20-16)15-5-3-2-4-6-15/h2-6,14,17-18H,7-13H2,1H3. The molecule has 2 aromatic rings. The first-order valence-electron chi connectivity index (χ1n) is 9.23. The average molecular weight is 392 g/mol. The molecule has 26 heavy (non-hydrogen) atoms. The molecule has 0 radical (unpaired) electrons. The zero-order chi connectivity index (χ0) is 18.1. The summed E-state index contributed by atoms with van der Waals surface area (Å²) in [5.74, 6) is 0. The van der Waals surface area contributed by atoms with Gasteiger partial charge in [-0.3, -0.25) is 4.90 Å². The summed E-state index contributed by atoms with van der Waals surface area (Å²) in [5, 5.41) is 3.08. The fraction of sp³-hybridized carbons (Fsp3) is 0.526. The quantitative estimate of drug-likeness (QED) is 0.759. The molecule has 0 unspecified atom stereocenters. The summed E-state index contributed by atoms with van der Waals surface area (Å²) in [6.07, 6.45) is 3.47. The van der Waals surface area contributed by atoms with Gasteiger partial charge in [-0.15, -0.1) is 11.3 Å². The molecular weight excluding hydrogens is 366 g/mol. The van der Waals surface area contributed by atoms with Crippen LogP contribution in [0.4, 0.5) is 0 Å². The second kappa shape index (κ2) is 7.38. The molecule has 2 heterocycles. The maximum atomic E-state index is 12.4. The average Bonchev–Trinajstić information content (AvgIpc) is 3.43. The third kappa shape index (κ3) is 3.86. The highest BCUT2D eigenvalue weighted by Gasteiger charge is 2.41. The summed E-state index contributed by atoms with van der Waals surface area (Å²) in [7, 11) is -1.30. The highest BCUT2D eigenvalue weighted by molar-refractivity contribution is 7.90. The number of nitrogens with zero attached hydrogens (tertiary/aromatic N) is 3. The predicted octanol–water partition coefficient (Wildman–Crippen LogP) is 3.20. The van der Waals surface area contributed by atoms with Gasteiger partial charge in [0.05, 0.1) is 10.9 Å². The molecule has 1 aromatic carbocycles. The van der Waals surface area contributed by atoms with Crippen molar-refractivity contribution in [2.75, 3.05) is 20.1 Å². The van der Waals surface area contributed by atoms with Gasteiger partial charge in [0.1, 0.15) is 5.01 Å². The number of benzene rings is 1. The molecule has 0 atom stereocenters. The number of aromatic nitrogens is 1. The number of hydrogen-bond donors (Lipinski definition) is 0. The monoisotopic (exact) mass is 391 g/mol. The smallest absolute Gasteiger partial charge is 0.216 e. The largest absolute Gasteiger partial charge is 0.297 e. The zero-order valence-corrected chi connectivity index (χ0v) is 16.7. The Balaban J connectivity index is 1.32. The predicted molar refractivity (Wildman–Crippen MR) is 106 cm³/mol. The third-order valence-electron chi connectivity index (χ3n) is 5.38. The molecule has 5 nitrogen and oxygen atoms in total. The molecule has 1 saturated carbocycles. The van der Waals surface area contributed by atoms with Crippen LogP contribution < -0.4 is 0 Å². The lowest BCUT2D eigenvalue weighted by Crippen LogP contribution is -2.46. The van der Waals surface area contributed by atoms with E-state index in [9.17, 15) is 8.42 Å². The fourth-order valence-corrected chi connectivity index (χ4v) is 6.22. The summed E-state index contributed by atoms with van der Waals surface area (Å²) in [6.45, 7) is 2.69. The first-order valence-corrected chi connectivity index (χ1v) is 11.6. The molecule has 0 bridgehead atoms. The molecule has 2 fully saturated rings. The molecule has 1 aliphatic heterocycles. The molecule has 2 aliphatic rings. The number of hydrogen-bond acceptors (Lipinski definition) is 5. The maximum absolute atomic E-state index is 12.4. The van der Waals surface area contributed by atoms with Gasteiger partial charge in [0.25, 0.3) is 0 Å². The van der Waals surface area contributed by atoms with Crippen LogP contribution in [0, 0.1) is 0 Å². The van der Waals surface area contributed by atoms with E-state index in [2.05, 4.69) is 22.4 Å². The van der Waals surface area contributed by atoms with Crippen molar-refractivity contribution >= 4 is 21.4 Å². The molecule has 0 spiro atoms. The molecule has 4 rings (SSSR count). The van der Waals surface area contributed by atoms with Crippen LogP contribution in [-0.4, -0.2) is 54.0 Å². The summed E-state index contributed by atoms with van der Waals surface area (Å²) < 4.78 is 26.5. The van der Waals surface area contributed by atoms with Crippen LogP contribution in [0.25, 0.3) is 10.6 Å². The number of thiazole rings is 1. The van der Waals surface area contributed by atoms with Gasteiger partial charge >= 0.3 is 0 Å². The van der Waals surface area contributed by atoms with Crippen LogP contribution in [-0.2, 0) is 16.6 Å². The normalized spacial score (nSPS) is 19.9. The number of rotatable bonds is 6. The molecule has 0 amide bonds. The topological polar surface area (TPSA) is 53.5 Å². The summed E-state index contributed by atoms with van der Waals surface area (Å²) in [5.41, 5.74) is 2.26. The first-order chi connectivity index (χ1) is 12.5. The van der Waals surface area contributed by atoms with Crippen molar-refractivity contribution in [1.82, 2.24) is 14.2 Å². The van der Waals surface area contributed by atoms with E-state index in [-0.39, 0.29) is 11.3 Å². The fourth-order valence-electron chi connectivity index (χ4n) is 3.57. The van der Waals surface area contributed by atoms with E-state index in [1.54, 1.807) is 22.7 Å². The number of likely N-dealkylation sites (tertiary alicyclic amines) is 1. The summed E-state index contributed by atoms with van der Waals surface area (Å²) in [4.78, 5) is 7.16. The lowest BCUT2D eigenvalue weighted by Gasteiger charge is -2.35. The molecule has 1 aliphatic carbocycles. The van der Waals surface area contributed by atoms with E-state index in [1.165, 1.54) is 0 Å². The Kier molecular flexibility index (Phi) is 5.14. The number of piperidine rings is 1. The second-order valence-corrected chi connectivity index (χ2v) is 10.4. The molecule has 0 N–H and O–H groups in total. The minimum atomic E-state index is -3.06. The van der Waals surface area contributed by atoms with Gasteiger partial charge in [-0.05, 0) is 25.7 Å². The van der Waals surface area contributed by atoms with E-state index in [0.29, 0.717) is 0 Å². The summed E-state index contributed by atoms with van der Waals surface area (Å²) >= 11 is 1.68. The maximum Gasteiger partial charge on any atom is 0.216 e. The Morgan fingerprint density at radius 1 is 1.15 bits per heavy atom. The van der Waals surface area contributed by atoms with Gasteiger partial charge in [0, 0.05) is 43.7 Å². The van der Waals surface area contributed by atoms with Crippen molar-refractivity contribution in [2.45, 2.75) is 43.5 Å². The Hall–Kier alpha value is -1.28. The van der Waals surface area contributed by atoms with Crippen molar-refractivity contribution < 1.29 is 8.42 Å². The van der Waals surface area contributed by atoms with E-state index < -0.39 is 10.0 Å². The molecule has 1 aromatic heterocycles. The Labute approximate surface area is 159 Å². The van der Waals surface area contributed by atoms with Gasteiger partial charge in [-0.25, -0.2) is 17.7 Å². The second-order valence-electron chi connectivity index (χ2n) is 7.28. The molecular formula is C19H25N3O2S2. The van der Waals surface area contributed by atoms with Crippen molar-refractivity contribution in [2.24, 2.45) is 0 Å². The highest BCUT2D eigenvalue weighted by atomic mass is 32.2. The van der Waals surface area contributed by atoms with Crippen LogP contribution in [0.1, 0.15) is 31.4 Å². The minimum Gasteiger partial charge on any atom is -0.297 e. The molecule has 1 saturated heterocycles. The Bertz CT molecular complexity index is 839. The first kappa shape index (κ1) is 18.1. The van der Waals surface area contributed by atoms with Crippen molar-refractivity contribution in [3.63, 3.8) is 0 Å². The Morgan fingerprint density at radius 2 is 1.85 bits per heavy atom. The van der Waals surface area contributed by atoms with Crippen LogP contribution in [0.2, 0.25) is 0 Å². The van der Waals surface area contributed by atoms with Gasteiger partial charge < -0.3 is 0 Å². The van der Waals surface area contributed by atoms with E-state index >= 15 is 0 Å². The SMILES string of the molecule is CN(C1CCN(Cc2csc(-c3ccccc3)n2)CC1)S(=O)(=O)C1CC1. The van der Waals surface area contributed by atoms with E-state index in [0.717, 1.165) is 61.6 Å². The van der Waals surface area contributed by atoms with Gasteiger partial charge in [0.2, 0.25) is 10.0 Å². The van der Waals surface area contributed by atoms with E-state index in [1.807, 2.05) is 18.2 Å². The van der Waals surface area contributed by atoms with Gasteiger partial charge in [-0.1, -0.05) is 30.3 Å². The third-order valence-corrected chi connectivity index (χ3v) is 8.73. The van der Waals surface area contributed by atoms with Gasteiger partial charge in [0.15, 0.2) is 0 Å². The van der Waals surface area contributed by atoms with Crippen molar-refractivity contribution in [3.8, 4) is 10.6 Å². The lowest BCUT2D eigenvalue weighted by molar-refractivity contribution is 0.162. The zero-order valence-electron chi connectivity index (χ0n) is 15.0. The van der Waals surface area contributed by atoms with Crippen molar-refractivity contribution in [3.05, 3.63) is 41.4 Å². The van der Waals surface area contributed by atoms with Crippen LogP contribution >= 0.6 is 11.3 Å². The summed E-state index contributed by atoms with van der Waals surface area (Å²) in [6, 6.07) is 10.4. The molecule has 140 valence electrons. The van der Waals surface area contributed by atoms with Gasteiger partial charge in [-0.2, -0.15) is 0 Å². The minimum absolute atomic E-state index is 0.114. The number of sulfonamides is 1. The highest BCUT2D eigenvalue weighted by Crippen LogP contribution is 2.33. The van der Waals surface area contributed by atoms with Crippen molar-refractivity contribution in [1.29, 1.82) is 0 Å². The molecule has 7 heteroatoms. The van der Waals surface area contributed by atoms with E-state index in [4.69, 9.17) is 4.98 Å². The Morgan fingerprint density at radius 3 is 2.50 bits per heavy atom. The van der Waals surface area contributed by atoms with Crippen LogP contribution in [0.15, 0.2) is 35.7 Å².